The lowest BCUT2D eigenvalue weighted by atomic mass is 10.1. The van der Waals surface area contributed by atoms with E-state index in [2.05, 4.69) is 14.8 Å². The second kappa shape index (κ2) is 9.20. The molecule has 0 aliphatic rings. The van der Waals surface area contributed by atoms with Gasteiger partial charge in [0.05, 0.1) is 0 Å². The second-order valence-electron chi connectivity index (χ2n) is 5.94. The highest BCUT2D eigenvalue weighted by Crippen LogP contribution is 2.40. The van der Waals surface area contributed by atoms with Crippen LogP contribution in [-0.4, -0.2) is 48.6 Å². The van der Waals surface area contributed by atoms with Gasteiger partial charge in [-0.2, -0.15) is 43.9 Å². The molecule has 0 atom stereocenters. The minimum absolute atomic E-state index is 0.0840. The van der Waals surface area contributed by atoms with Gasteiger partial charge < -0.3 is 14.8 Å². The molecule has 0 radical (unpaired) electrons. The van der Waals surface area contributed by atoms with Gasteiger partial charge in [-0.1, -0.05) is 6.07 Å². The number of benzene rings is 1. The van der Waals surface area contributed by atoms with Crippen LogP contribution >= 0.6 is 0 Å². The number of hydrogen-bond acceptors (Lipinski definition) is 5. The summed E-state index contributed by atoms with van der Waals surface area (Å²) >= 11 is 0. The first-order chi connectivity index (χ1) is 14.3. The predicted molar refractivity (Wildman–Crippen MR) is 82.1 cm³/mol. The summed E-state index contributed by atoms with van der Waals surface area (Å²) in [6.07, 6.45) is -13.1. The number of amides is 1. The zero-order valence-electron chi connectivity index (χ0n) is 15.5. The lowest BCUT2D eigenvalue weighted by Crippen LogP contribution is -2.47. The molecule has 0 saturated heterocycles. The summed E-state index contributed by atoms with van der Waals surface area (Å²) in [5.41, 5.74) is -0.0840. The van der Waals surface area contributed by atoms with Gasteiger partial charge >= 0.3 is 36.1 Å². The van der Waals surface area contributed by atoms with Gasteiger partial charge in [-0.25, -0.2) is 9.59 Å². The number of halogens is 10. The van der Waals surface area contributed by atoms with Crippen LogP contribution in [0.2, 0.25) is 0 Å². The van der Waals surface area contributed by atoms with Gasteiger partial charge in [-0.15, -0.1) is 0 Å². The summed E-state index contributed by atoms with van der Waals surface area (Å²) in [5, 5.41) is 2.26. The molecule has 0 saturated carbocycles. The van der Waals surface area contributed by atoms with Crippen LogP contribution in [0.25, 0.3) is 0 Å². The molecule has 6 nitrogen and oxygen atoms in total. The summed E-state index contributed by atoms with van der Waals surface area (Å²) in [4.78, 5) is 33.3. The van der Waals surface area contributed by atoms with E-state index in [0.29, 0.717) is 12.1 Å². The molecule has 1 aromatic rings. The summed E-state index contributed by atoms with van der Waals surface area (Å²) in [7, 11) is 0. The van der Waals surface area contributed by atoms with Gasteiger partial charge in [0.2, 0.25) is 5.91 Å². The Morgan fingerprint density at radius 1 is 0.781 bits per heavy atom. The molecule has 1 rings (SSSR count). The van der Waals surface area contributed by atoms with Crippen molar-refractivity contribution in [2.75, 3.05) is 6.54 Å². The zero-order chi connectivity index (χ0) is 25.1. The number of hydrogen-bond donors (Lipinski definition) is 1. The fourth-order valence-corrected chi connectivity index (χ4v) is 1.81. The van der Waals surface area contributed by atoms with Crippen molar-refractivity contribution < 1.29 is 67.8 Å². The highest BCUT2D eigenvalue weighted by Gasteiger charge is 2.66. The molecule has 32 heavy (non-hydrogen) atoms. The topological polar surface area (TPSA) is 81.7 Å². The average molecular weight is 487 g/mol. The Morgan fingerprint density at radius 3 is 1.62 bits per heavy atom. The van der Waals surface area contributed by atoms with Crippen LogP contribution in [0.1, 0.15) is 12.5 Å². The zero-order valence-corrected chi connectivity index (χ0v) is 15.5. The van der Waals surface area contributed by atoms with Crippen LogP contribution in [0.4, 0.5) is 43.9 Å². The quantitative estimate of drug-likeness (QED) is 0.362. The molecule has 1 aromatic carbocycles. The maximum absolute atomic E-state index is 13.1. The Bertz CT molecular complexity index is 879. The standard InChI is InChI=1S/C16H11F10NO5/c1-7(28)27-5-4-8-2-3-9(31-11(29)13(17,18)15(21,22)23)10(6-8)32-12(30)14(19,20)16(24,25)26/h2-3,6H,4-5H2,1H3,(H,27,28). The summed E-state index contributed by atoms with van der Waals surface area (Å²) < 4.78 is 134. The molecule has 1 N–H and O–H groups in total. The minimum atomic E-state index is -6.44. The molecule has 16 heteroatoms. The smallest absolute Gasteiger partial charge is 0.418 e. The maximum Gasteiger partial charge on any atom is 0.465 e. The molecular formula is C16H11F10NO5. The SMILES string of the molecule is CC(=O)NCCc1ccc(OC(=O)C(F)(F)C(F)(F)F)c(OC(=O)C(F)(F)C(F)(F)F)c1. The molecule has 0 heterocycles. The van der Waals surface area contributed by atoms with Crippen molar-refractivity contribution in [3.63, 3.8) is 0 Å². The lowest BCUT2D eigenvalue weighted by molar-refractivity contribution is -0.277. The largest absolute Gasteiger partial charge is 0.465 e. The van der Waals surface area contributed by atoms with E-state index in [9.17, 15) is 58.3 Å². The van der Waals surface area contributed by atoms with Gasteiger partial charge in [-0.05, 0) is 24.1 Å². The molecule has 0 aliphatic heterocycles. The molecule has 180 valence electrons. The average Bonchev–Trinajstić information content (AvgIpc) is 2.61. The summed E-state index contributed by atoms with van der Waals surface area (Å²) in [6.45, 7) is 0.961. The normalized spacial score (nSPS) is 12.8. The van der Waals surface area contributed by atoms with Crippen molar-refractivity contribution in [1.82, 2.24) is 5.32 Å². The first-order valence-corrected chi connectivity index (χ1v) is 8.01. The third-order valence-corrected chi connectivity index (χ3v) is 3.43. The number of esters is 2. The van der Waals surface area contributed by atoms with E-state index in [-0.39, 0.29) is 18.5 Å². The van der Waals surface area contributed by atoms with Crippen LogP contribution in [0, 0.1) is 0 Å². The molecular weight excluding hydrogens is 476 g/mol. The number of nitrogens with one attached hydrogen (secondary N) is 1. The molecule has 1 amide bonds. The first-order valence-electron chi connectivity index (χ1n) is 8.01. The lowest BCUT2D eigenvalue weighted by Gasteiger charge is -2.20. The Hall–Kier alpha value is -3.07. The van der Waals surface area contributed by atoms with E-state index < -0.39 is 53.5 Å². The number of carbonyl (C=O) groups excluding carboxylic acids is 3. The fraction of sp³-hybridized carbons (Fsp3) is 0.438. The molecule has 0 unspecified atom stereocenters. The number of alkyl halides is 10. The van der Waals surface area contributed by atoms with Gasteiger partial charge in [0.1, 0.15) is 0 Å². The fourth-order valence-electron chi connectivity index (χ4n) is 1.81. The van der Waals surface area contributed by atoms with Gasteiger partial charge in [0.25, 0.3) is 0 Å². The summed E-state index contributed by atoms with van der Waals surface area (Å²) in [5.74, 6) is -22.2. The number of ether oxygens (including phenoxy) is 2. The molecule has 0 bridgehead atoms. The van der Waals surface area contributed by atoms with Crippen molar-refractivity contribution in [2.24, 2.45) is 0 Å². The van der Waals surface area contributed by atoms with E-state index in [0.717, 1.165) is 13.0 Å². The Morgan fingerprint density at radius 2 is 1.22 bits per heavy atom. The van der Waals surface area contributed by atoms with E-state index in [4.69, 9.17) is 0 Å². The van der Waals surface area contributed by atoms with Gasteiger partial charge in [-0.3, -0.25) is 4.79 Å². The Balaban J connectivity index is 3.30. The van der Waals surface area contributed by atoms with Crippen molar-refractivity contribution in [2.45, 2.75) is 37.5 Å². The van der Waals surface area contributed by atoms with Crippen molar-refractivity contribution >= 4 is 17.8 Å². The van der Waals surface area contributed by atoms with Crippen LogP contribution in [0.15, 0.2) is 18.2 Å². The Labute approximate surface area is 171 Å². The van der Waals surface area contributed by atoms with Crippen LogP contribution in [0.3, 0.4) is 0 Å². The van der Waals surface area contributed by atoms with Crippen molar-refractivity contribution in [3.05, 3.63) is 23.8 Å². The van der Waals surface area contributed by atoms with Crippen molar-refractivity contribution in [1.29, 1.82) is 0 Å². The number of rotatable bonds is 7. The molecule has 0 aromatic heterocycles. The number of carbonyl (C=O) groups is 3. The van der Waals surface area contributed by atoms with Crippen LogP contribution < -0.4 is 14.8 Å². The van der Waals surface area contributed by atoms with Gasteiger partial charge in [0, 0.05) is 13.5 Å². The third-order valence-electron chi connectivity index (χ3n) is 3.43. The summed E-state index contributed by atoms with van der Waals surface area (Å²) in [6, 6.07) is 1.76. The van der Waals surface area contributed by atoms with E-state index >= 15 is 0 Å². The van der Waals surface area contributed by atoms with Crippen LogP contribution in [0.5, 0.6) is 11.5 Å². The third kappa shape index (κ3) is 6.23. The molecule has 0 aliphatic carbocycles. The predicted octanol–water partition coefficient (Wildman–Crippen LogP) is 3.57. The monoisotopic (exact) mass is 487 g/mol. The van der Waals surface area contributed by atoms with Crippen LogP contribution in [-0.2, 0) is 20.8 Å². The second-order valence-corrected chi connectivity index (χ2v) is 5.94. The first kappa shape index (κ1) is 27.0. The highest BCUT2D eigenvalue weighted by atomic mass is 19.4. The highest BCUT2D eigenvalue weighted by molar-refractivity contribution is 5.84. The van der Waals surface area contributed by atoms with E-state index in [1.807, 2.05) is 0 Å². The van der Waals surface area contributed by atoms with E-state index in [1.165, 1.54) is 0 Å². The molecule has 0 fully saturated rings. The maximum atomic E-state index is 13.1. The minimum Gasteiger partial charge on any atom is -0.418 e. The molecule has 0 spiro atoms. The van der Waals surface area contributed by atoms with Crippen molar-refractivity contribution in [3.8, 4) is 11.5 Å². The van der Waals surface area contributed by atoms with Gasteiger partial charge in [0.15, 0.2) is 11.5 Å². The Kier molecular flexibility index (Phi) is 7.75. The van der Waals surface area contributed by atoms with E-state index in [1.54, 1.807) is 0 Å².